The number of nitrogens with one attached hydrogen (secondary N) is 1. The van der Waals surface area contributed by atoms with E-state index in [4.69, 9.17) is 39.5 Å². The molecule has 1 amide bonds. The zero-order valence-corrected chi connectivity index (χ0v) is 19.2. The number of hydrogen-bond donors (Lipinski definition) is 1. The first-order valence-corrected chi connectivity index (χ1v) is 10.7. The lowest BCUT2D eigenvalue weighted by atomic mass is 10.2. The molecule has 2 aromatic carbocycles. The number of aromatic nitrogens is 4. The summed E-state index contributed by atoms with van der Waals surface area (Å²) >= 11 is 18.2. The number of halogens is 3. The monoisotopic (exact) mass is 489 g/mol. The second kappa shape index (κ2) is 9.65. The van der Waals surface area contributed by atoms with Gasteiger partial charge in [0.1, 0.15) is 0 Å². The van der Waals surface area contributed by atoms with Gasteiger partial charge in [0.25, 0.3) is 5.91 Å². The minimum absolute atomic E-state index is 0.0457. The standard InChI is InChI=1S/C22H18Cl3N5O2/c1-14-10-20(28-30(14)12-15-4-2-5-16(23)11-15)26-22(31)19-8-9-29(27-19)13-32-21-17(24)6-3-7-18(21)25/h2-11H,12-13H2,1H3,(H,26,28,31). The number of para-hydroxylation sites is 1. The Labute approximate surface area is 199 Å². The third kappa shape index (κ3) is 5.24. The lowest BCUT2D eigenvalue weighted by Crippen LogP contribution is -2.15. The van der Waals surface area contributed by atoms with Crippen LogP contribution in [0.5, 0.6) is 5.75 Å². The van der Waals surface area contributed by atoms with Gasteiger partial charge in [0, 0.05) is 23.0 Å². The lowest BCUT2D eigenvalue weighted by molar-refractivity contribution is 0.101. The van der Waals surface area contributed by atoms with E-state index in [2.05, 4.69) is 15.5 Å². The second-order valence-electron chi connectivity index (χ2n) is 6.98. The molecule has 0 bridgehead atoms. The summed E-state index contributed by atoms with van der Waals surface area (Å²) in [7, 11) is 0. The third-order valence-corrected chi connectivity index (χ3v) is 5.41. The Bertz CT molecular complexity index is 1250. The fourth-order valence-electron chi connectivity index (χ4n) is 3.03. The zero-order chi connectivity index (χ0) is 22.7. The average Bonchev–Trinajstić information content (AvgIpc) is 3.34. The molecule has 0 aliphatic carbocycles. The second-order valence-corrected chi connectivity index (χ2v) is 8.23. The van der Waals surface area contributed by atoms with Crippen LogP contribution in [0.2, 0.25) is 15.1 Å². The SMILES string of the molecule is Cc1cc(NC(=O)c2ccn(COc3c(Cl)cccc3Cl)n2)nn1Cc1cccc(Cl)c1. The number of ether oxygens (including phenoxy) is 1. The summed E-state index contributed by atoms with van der Waals surface area (Å²) in [5, 5.41) is 12.9. The molecule has 7 nitrogen and oxygen atoms in total. The maximum absolute atomic E-state index is 12.6. The van der Waals surface area contributed by atoms with E-state index < -0.39 is 0 Å². The first-order chi connectivity index (χ1) is 15.4. The Morgan fingerprint density at radius 2 is 1.78 bits per heavy atom. The van der Waals surface area contributed by atoms with Crippen LogP contribution in [0.15, 0.2) is 60.8 Å². The average molecular weight is 491 g/mol. The molecule has 0 aliphatic rings. The van der Waals surface area contributed by atoms with E-state index in [0.29, 0.717) is 33.2 Å². The molecule has 2 heterocycles. The van der Waals surface area contributed by atoms with Crippen LogP contribution >= 0.6 is 34.8 Å². The van der Waals surface area contributed by atoms with Crippen molar-refractivity contribution in [1.29, 1.82) is 0 Å². The Morgan fingerprint density at radius 1 is 1.03 bits per heavy atom. The molecule has 0 radical (unpaired) electrons. The Morgan fingerprint density at radius 3 is 2.53 bits per heavy atom. The number of anilines is 1. The highest BCUT2D eigenvalue weighted by Crippen LogP contribution is 2.32. The molecule has 0 unspecified atom stereocenters. The van der Waals surface area contributed by atoms with Gasteiger partial charge in [-0.1, -0.05) is 53.0 Å². The van der Waals surface area contributed by atoms with Crippen LogP contribution < -0.4 is 10.1 Å². The van der Waals surface area contributed by atoms with Crippen LogP contribution in [0, 0.1) is 6.92 Å². The molecule has 2 aromatic heterocycles. The number of benzene rings is 2. The highest BCUT2D eigenvalue weighted by molar-refractivity contribution is 6.37. The van der Waals surface area contributed by atoms with E-state index in [1.807, 2.05) is 31.2 Å². The summed E-state index contributed by atoms with van der Waals surface area (Å²) in [5.74, 6) is 0.410. The Kier molecular flexibility index (Phi) is 6.69. The highest BCUT2D eigenvalue weighted by Gasteiger charge is 2.14. The Hall–Kier alpha value is -3.00. The molecule has 0 spiro atoms. The molecule has 4 aromatic rings. The molecule has 164 valence electrons. The normalized spacial score (nSPS) is 10.9. The lowest BCUT2D eigenvalue weighted by Gasteiger charge is -2.09. The third-order valence-electron chi connectivity index (χ3n) is 4.58. The van der Waals surface area contributed by atoms with Gasteiger partial charge in [-0.05, 0) is 42.8 Å². The van der Waals surface area contributed by atoms with Crippen molar-refractivity contribution in [3.05, 3.63) is 92.8 Å². The molecule has 0 saturated carbocycles. The van der Waals surface area contributed by atoms with Crippen LogP contribution in [0.3, 0.4) is 0 Å². The van der Waals surface area contributed by atoms with Gasteiger partial charge in [0.15, 0.2) is 24.0 Å². The van der Waals surface area contributed by atoms with E-state index >= 15 is 0 Å². The predicted molar refractivity (Wildman–Crippen MR) is 125 cm³/mol. The maximum atomic E-state index is 12.6. The van der Waals surface area contributed by atoms with Crippen molar-refractivity contribution >= 4 is 46.5 Å². The molecule has 0 aliphatic heterocycles. The molecule has 0 saturated heterocycles. The van der Waals surface area contributed by atoms with E-state index in [0.717, 1.165) is 11.3 Å². The largest absolute Gasteiger partial charge is 0.468 e. The fourth-order valence-corrected chi connectivity index (χ4v) is 3.75. The van der Waals surface area contributed by atoms with Crippen molar-refractivity contribution in [2.24, 2.45) is 0 Å². The van der Waals surface area contributed by atoms with Gasteiger partial charge >= 0.3 is 0 Å². The topological polar surface area (TPSA) is 74.0 Å². The van der Waals surface area contributed by atoms with Crippen LogP contribution in [-0.2, 0) is 13.3 Å². The molecule has 1 N–H and O–H groups in total. The van der Waals surface area contributed by atoms with Crippen molar-refractivity contribution < 1.29 is 9.53 Å². The van der Waals surface area contributed by atoms with Crippen molar-refractivity contribution in [3.8, 4) is 5.75 Å². The van der Waals surface area contributed by atoms with Gasteiger partial charge in [-0.15, -0.1) is 0 Å². The van der Waals surface area contributed by atoms with Crippen molar-refractivity contribution in [1.82, 2.24) is 19.6 Å². The number of aryl methyl sites for hydroxylation is 1. The van der Waals surface area contributed by atoms with Crippen molar-refractivity contribution in [2.75, 3.05) is 5.32 Å². The van der Waals surface area contributed by atoms with Gasteiger partial charge < -0.3 is 10.1 Å². The van der Waals surface area contributed by atoms with Crippen molar-refractivity contribution in [3.63, 3.8) is 0 Å². The van der Waals surface area contributed by atoms with Gasteiger partial charge in [-0.2, -0.15) is 10.2 Å². The van der Waals surface area contributed by atoms with Crippen LogP contribution in [0.1, 0.15) is 21.7 Å². The number of nitrogens with zero attached hydrogens (tertiary/aromatic N) is 4. The molecule has 0 fully saturated rings. The Balaban J connectivity index is 1.39. The van der Waals surface area contributed by atoms with Crippen LogP contribution in [0.4, 0.5) is 5.82 Å². The van der Waals surface area contributed by atoms with Gasteiger partial charge in [0.05, 0.1) is 16.6 Å². The molecule has 10 heteroatoms. The minimum atomic E-state index is -0.382. The number of rotatable bonds is 7. The quantitative estimate of drug-likeness (QED) is 0.361. The van der Waals surface area contributed by atoms with E-state index in [1.165, 1.54) is 4.68 Å². The predicted octanol–water partition coefficient (Wildman–Crippen LogP) is 5.69. The summed E-state index contributed by atoms with van der Waals surface area (Å²) in [6.07, 6.45) is 1.63. The van der Waals surface area contributed by atoms with E-state index in [9.17, 15) is 4.79 Å². The summed E-state index contributed by atoms with van der Waals surface area (Å²) in [5.41, 5.74) is 2.13. The number of hydrogen-bond acceptors (Lipinski definition) is 4. The van der Waals surface area contributed by atoms with Crippen LogP contribution in [0.25, 0.3) is 0 Å². The summed E-state index contributed by atoms with van der Waals surface area (Å²) in [4.78, 5) is 12.6. The number of carbonyl (C=O) groups is 1. The highest BCUT2D eigenvalue weighted by atomic mass is 35.5. The first-order valence-electron chi connectivity index (χ1n) is 9.59. The molecule has 32 heavy (non-hydrogen) atoms. The van der Waals surface area contributed by atoms with Crippen LogP contribution in [-0.4, -0.2) is 25.5 Å². The van der Waals surface area contributed by atoms with Gasteiger partial charge in [-0.3, -0.25) is 9.48 Å². The fraction of sp³-hybridized carbons (Fsp3) is 0.136. The summed E-state index contributed by atoms with van der Waals surface area (Å²) in [6.45, 7) is 2.50. The van der Waals surface area contributed by atoms with E-state index in [1.54, 1.807) is 41.2 Å². The molecule has 4 rings (SSSR count). The van der Waals surface area contributed by atoms with E-state index in [-0.39, 0.29) is 18.3 Å². The van der Waals surface area contributed by atoms with Gasteiger partial charge in [-0.25, -0.2) is 4.68 Å². The smallest absolute Gasteiger partial charge is 0.277 e. The molecule has 0 atom stereocenters. The minimum Gasteiger partial charge on any atom is -0.468 e. The summed E-state index contributed by atoms with van der Waals surface area (Å²) < 4.78 is 8.89. The number of amides is 1. The molecular formula is C22H18Cl3N5O2. The maximum Gasteiger partial charge on any atom is 0.277 e. The first kappa shape index (κ1) is 22.2. The van der Waals surface area contributed by atoms with Crippen molar-refractivity contribution in [2.45, 2.75) is 20.2 Å². The summed E-state index contributed by atoms with van der Waals surface area (Å²) in [6, 6.07) is 16.0. The zero-order valence-electron chi connectivity index (χ0n) is 16.9. The van der Waals surface area contributed by atoms with Gasteiger partial charge in [0.2, 0.25) is 0 Å². The molecular weight excluding hydrogens is 473 g/mol. The number of carbonyl (C=O) groups excluding carboxylic acids is 1.